The topological polar surface area (TPSA) is 101 Å². The summed E-state index contributed by atoms with van der Waals surface area (Å²) >= 11 is 0. The van der Waals surface area contributed by atoms with E-state index in [1.165, 1.54) is 60.7 Å². The van der Waals surface area contributed by atoms with Crippen LogP contribution in [0.1, 0.15) is 51.4 Å². The fourth-order valence-electron chi connectivity index (χ4n) is 4.32. The van der Waals surface area contributed by atoms with E-state index in [1.807, 2.05) is 0 Å². The summed E-state index contributed by atoms with van der Waals surface area (Å²) in [5.74, 6) is 0.823. The number of benzene rings is 1. The van der Waals surface area contributed by atoms with Crippen LogP contribution in [-0.2, 0) is 14.8 Å². The number of hydrogen-bond acceptors (Lipinski definition) is 5. The Morgan fingerprint density at radius 1 is 1.07 bits per heavy atom. The summed E-state index contributed by atoms with van der Waals surface area (Å²) in [6.45, 7) is 0.954. The molecule has 1 amide bonds. The Morgan fingerprint density at radius 2 is 1.72 bits per heavy atom. The van der Waals surface area contributed by atoms with E-state index >= 15 is 0 Å². The van der Waals surface area contributed by atoms with Crippen LogP contribution in [-0.4, -0.2) is 54.6 Å². The number of nitro benzene ring substituents is 1. The average Bonchev–Trinajstić information content (AvgIpc) is 2.74. The maximum atomic E-state index is 12.9. The highest BCUT2D eigenvalue weighted by Crippen LogP contribution is 2.29. The van der Waals surface area contributed by atoms with Crippen molar-refractivity contribution in [3.8, 4) is 0 Å². The molecule has 1 aliphatic carbocycles. The van der Waals surface area contributed by atoms with Gasteiger partial charge in [-0.1, -0.05) is 44.2 Å². The van der Waals surface area contributed by atoms with Crippen LogP contribution in [0.5, 0.6) is 0 Å². The standard InChI is InChI=1S/C20H29N3O5S/c24-20(12-6-9-17-7-2-1-3-8-17)21-13-15-22(16-14-21)29(27,28)19-11-5-4-10-18(19)23(25)26/h4-5,10-11,17H,1-3,6-9,12-16H2. The lowest BCUT2D eigenvalue weighted by molar-refractivity contribution is -0.387. The van der Waals surface area contributed by atoms with Gasteiger partial charge in [0.2, 0.25) is 15.9 Å². The second kappa shape index (κ2) is 9.67. The molecule has 1 heterocycles. The summed E-state index contributed by atoms with van der Waals surface area (Å²) < 4.78 is 26.9. The molecular weight excluding hydrogens is 394 g/mol. The normalized spacial score (nSPS) is 19.2. The fourth-order valence-corrected chi connectivity index (χ4v) is 5.90. The van der Waals surface area contributed by atoms with Gasteiger partial charge in [0.25, 0.3) is 5.69 Å². The monoisotopic (exact) mass is 423 g/mol. The second-order valence-electron chi connectivity index (χ2n) is 7.91. The molecule has 9 heteroatoms. The lowest BCUT2D eigenvalue weighted by atomic mass is 9.86. The van der Waals surface area contributed by atoms with Gasteiger partial charge in [0.1, 0.15) is 0 Å². The minimum atomic E-state index is -3.96. The van der Waals surface area contributed by atoms with Crippen LogP contribution in [0.25, 0.3) is 0 Å². The molecule has 2 aliphatic rings. The Labute approximate surface area is 172 Å². The first-order chi connectivity index (χ1) is 13.9. The third-order valence-corrected chi connectivity index (χ3v) is 7.94. The Kier molecular flexibility index (Phi) is 7.23. The van der Waals surface area contributed by atoms with Gasteiger partial charge in [0, 0.05) is 38.7 Å². The molecule has 29 heavy (non-hydrogen) atoms. The van der Waals surface area contributed by atoms with Crippen molar-refractivity contribution in [1.82, 2.24) is 9.21 Å². The van der Waals surface area contributed by atoms with Gasteiger partial charge in [-0.15, -0.1) is 0 Å². The smallest absolute Gasteiger partial charge is 0.289 e. The van der Waals surface area contributed by atoms with Crippen LogP contribution >= 0.6 is 0 Å². The van der Waals surface area contributed by atoms with E-state index in [4.69, 9.17) is 0 Å². The molecule has 3 rings (SSSR count). The third kappa shape index (κ3) is 5.33. The zero-order valence-corrected chi connectivity index (χ0v) is 17.5. The number of sulfonamides is 1. The summed E-state index contributed by atoms with van der Waals surface area (Å²) in [5.41, 5.74) is -0.422. The predicted molar refractivity (Wildman–Crippen MR) is 109 cm³/mol. The van der Waals surface area contributed by atoms with E-state index in [0.717, 1.165) is 18.8 Å². The molecule has 1 aromatic rings. The lowest BCUT2D eigenvalue weighted by Crippen LogP contribution is -2.50. The van der Waals surface area contributed by atoms with Crippen LogP contribution in [0.15, 0.2) is 29.2 Å². The quantitative estimate of drug-likeness (QED) is 0.495. The molecule has 160 valence electrons. The Hall–Kier alpha value is -2.00. The number of nitro groups is 1. The molecule has 8 nitrogen and oxygen atoms in total. The molecule has 1 aromatic carbocycles. The van der Waals surface area contributed by atoms with Gasteiger partial charge >= 0.3 is 0 Å². The Morgan fingerprint density at radius 3 is 2.38 bits per heavy atom. The summed E-state index contributed by atoms with van der Waals surface area (Å²) in [6.07, 6.45) is 8.97. The van der Waals surface area contributed by atoms with Gasteiger partial charge < -0.3 is 4.90 Å². The lowest BCUT2D eigenvalue weighted by Gasteiger charge is -2.34. The van der Waals surface area contributed by atoms with E-state index in [1.54, 1.807) is 4.90 Å². The number of para-hydroxylation sites is 1. The van der Waals surface area contributed by atoms with Gasteiger partial charge in [0.15, 0.2) is 4.90 Å². The van der Waals surface area contributed by atoms with Gasteiger partial charge in [-0.2, -0.15) is 4.31 Å². The van der Waals surface area contributed by atoms with Crippen molar-refractivity contribution in [2.24, 2.45) is 5.92 Å². The summed E-state index contributed by atoms with van der Waals surface area (Å²) in [6, 6.07) is 5.38. The number of piperazine rings is 1. The number of carbonyl (C=O) groups excluding carboxylic acids is 1. The number of nitrogens with zero attached hydrogens (tertiary/aromatic N) is 3. The maximum absolute atomic E-state index is 12.9. The van der Waals surface area contributed by atoms with Crippen LogP contribution < -0.4 is 0 Å². The van der Waals surface area contributed by atoms with Crippen LogP contribution in [0.3, 0.4) is 0 Å². The number of amides is 1. The minimum absolute atomic E-state index is 0.0727. The van der Waals surface area contributed by atoms with Crippen molar-refractivity contribution in [1.29, 1.82) is 0 Å². The highest BCUT2D eigenvalue weighted by molar-refractivity contribution is 7.89. The maximum Gasteiger partial charge on any atom is 0.289 e. The van der Waals surface area contributed by atoms with E-state index in [-0.39, 0.29) is 23.9 Å². The van der Waals surface area contributed by atoms with E-state index < -0.39 is 20.6 Å². The van der Waals surface area contributed by atoms with Crippen molar-refractivity contribution in [3.05, 3.63) is 34.4 Å². The molecule has 1 aliphatic heterocycles. The van der Waals surface area contributed by atoms with Crippen LogP contribution in [0.2, 0.25) is 0 Å². The molecule has 0 atom stereocenters. The predicted octanol–water partition coefficient (Wildman–Crippen LogP) is 3.18. The molecule has 0 bridgehead atoms. The fraction of sp³-hybridized carbons (Fsp3) is 0.650. The first kappa shape index (κ1) is 21.7. The van der Waals surface area contributed by atoms with Crippen LogP contribution in [0, 0.1) is 16.0 Å². The van der Waals surface area contributed by atoms with Crippen LogP contribution in [0.4, 0.5) is 5.69 Å². The number of rotatable bonds is 7. The number of hydrogen-bond donors (Lipinski definition) is 0. The molecule has 0 radical (unpaired) electrons. The summed E-state index contributed by atoms with van der Waals surface area (Å²) in [7, 11) is -3.96. The van der Waals surface area contributed by atoms with Crippen molar-refractivity contribution >= 4 is 21.6 Å². The van der Waals surface area contributed by atoms with Gasteiger partial charge in [-0.3, -0.25) is 14.9 Å². The summed E-state index contributed by atoms with van der Waals surface area (Å²) in [5, 5.41) is 11.2. The second-order valence-corrected chi connectivity index (χ2v) is 9.81. The third-order valence-electron chi connectivity index (χ3n) is 6.00. The van der Waals surface area contributed by atoms with Crippen molar-refractivity contribution in [2.75, 3.05) is 26.2 Å². The van der Waals surface area contributed by atoms with Crippen molar-refractivity contribution < 1.29 is 18.1 Å². The summed E-state index contributed by atoms with van der Waals surface area (Å²) in [4.78, 5) is 24.4. The SMILES string of the molecule is O=C(CCCC1CCCCC1)N1CCN(S(=O)(=O)c2ccccc2[N+](=O)[O-])CC1. The van der Waals surface area contributed by atoms with Gasteiger partial charge in [-0.25, -0.2) is 8.42 Å². The average molecular weight is 424 g/mol. The van der Waals surface area contributed by atoms with E-state index in [0.29, 0.717) is 19.5 Å². The molecule has 0 unspecified atom stereocenters. The first-order valence-corrected chi connectivity index (χ1v) is 11.8. The Bertz CT molecular complexity index is 828. The minimum Gasteiger partial charge on any atom is -0.340 e. The molecule has 0 spiro atoms. The molecular formula is C20H29N3O5S. The number of carbonyl (C=O) groups is 1. The molecule has 0 N–H and O–H groups in total. The zero-order chi connectivity index (χ0) is 20.9. The largest absolute Gasteiger partial charge is 0.340 e. The molecule has 1 saturated heterocycles. The first-order valence-electron chi connectivity index (χ1n) is 10.4. The zero-order valence-electron chi connectivity index (χ0n) is 16.7. The van der Waals surface area contributed by atoms with E-state index in [2.05, 4.69) is 0 Å². The molecule has 2 fully saturated rings. The van der Waals surface area contributed by atoms with Crippen molar-refractivity contribution in [3.63, 3.8) is 0 Å². The van der Waals surface area contributed by atoms with Gasteiger partial charge in [-0.05, 0) is 24.8 Å². The molecule has 1 saturated carbocycles. The van der Waals surface area contributed by atoms with E-state index in [9.17, 15) is 23.3 Å². The highest BCUT2D eigenvalue weighted by Gasteiger charge is 2.34. The van der Waals surface area contributed by atoms with Crippen molar-refractivity contribution in [2.45, 2.75) is 56.3 Å². The van der Waals surface area contributed by atoms with Gasteiger partial charge in [0.05, 0.1) is 4.92 Å². The Balaban J connectivity index is 1.52. The molecule has 0 aromatic heterocycles. The highest BCUT2D eigenvalue weighted by atomic mass is 32.2.